The molecule has 1 N–H and O–H groups in total. The minimum Gasteiger partial charge on any atom is -0.453 e. The van der Waals surface area contributed by atoms with Crippen molar-refractivity contribution in [1.82, 2.24) is 0 Å². The van der Waals surface area contributed by atoms with Crippen molar-refractivity contribution in [3.8, 4) is 6.07 Å². The first-order valence-corrected chi connectivity index (χ1v) is 4.40. The van der Waals surface area contributed by atoms with Crippen molar-refractivity contribution in [3.05, 3.63) is 16.5 Å². The number of hydrogen-bond donors (Lipinski definition) is 1. The largest absolute Gasteiger partial charge is 0.453 e. The van der Waals surface area contributed by atoms with Crippen LogP contribution in [0.5, 0.6) is 0 Å². The van der Waals surface area contributed by atoms with Crippen LogP contribution in [0.15, 0.2) is 5.38 Å². The van der Waals surface area contributed by atoms with Crippen LogP contribution >= 0.6 is 11.3 Å². The van der Waals surface area contributed by atoms with E-state index in [0.29, 0.717) is 10.6 Å². The number of aryl methyl sites for hydroxylation is 1. The van der Waals surface area contributed by atoms with Gasteiger partial charge in [0, 0.05) is 0 Å². The second-order valence-electron chi connectivity index (χ2n) is 2.35. The molecule has 0 bridgehead atoms. The average molecular weight is 196 g/mol. The number of thiophene rings is 1. The van der Waals surface area contributed by atoms with Gasteiger partial charge in [0.15, 0.2) is 0 Å². The third kappa shape index (κ3) is 1.98. The lowest BCUT2D eigenvalue weighted by molar-refractivity contribution is 0.187. The molecule has 68 valence electrons. The molecule has 1 aromatic rings. The van der Waals surface area contributed by atoms with E-state index < -0.39 is 6.09 Å². The van der Waals surface area contributed by atoms with Crippen LogP contribution in [-0.4, -0.2) is 13.2 Å². The van der Waals surface area contributed by atoms with Crippen molar-refractivity contribution in [2.45, 2.75) is 6.92 Å². The molecule has 0 aliphatic heterocycles. The third-order valence-electron chi connectivity index (χ3n) is 1.49. The quantitative estimate of drug-likeness (QED) is 0.748. The third-order valence-corrected chi connectivity index (χ3v) is 2.50. The highest BCUT2D eigenvalue weighted by Gasteiger charge is 2.10. The van der Waals surface area contributed by atoms with Crippen molar-refractivity contribution < 1.29 is 9.53 Å². The molecule has 13 heavy (non-hydrogen) atoms. The number of nitriles is 1. The smallest absolute Gasteiger partial charge is 0.411 e. The van der Waals surface area contributed by atoms with Gasteiger partial charge in [0.1, 0.15) is 11.1 Å². The Bertz CT molecular complexity index is 365. The fraction of sp³-hybridized carbons (Fsp3) is 0.250. The van der Waals surface area contributed by atoms with Crippen molar-refractivity contribution >= 4 is 22.4 Å². The highest BCUT2D eigenvalue weighted by molar-refractivity contribution is 7.14. The summed E-state index contributed by atoms with van der Waals surface area (Å²) in [5.74, 6) is 0. The van der Waals surface area contributed by atoms with Crippen molar-refractivity contribution in [3.63, 3.8) is 0 Å². The Labute approximate surface area is 79.7 Å². The highest BCUT2D eigenvalue weighted by atomic mass is 32.1. The predicted molar refractivity (Wildman–Crippen MR) is 49.8 cm³/mol. The van der Waals surface area contributed by atoms with Gasteiger partial charge >= 0.3 is 6.09 Å². The fourth-order valence-electron chi connectivity index (χ4n) is 0.819. The van der Waals surface area contributed by atoms with Crippen LogP contribution in [0.4, 0.5) is 9.80 Å². The first kappa shape index (κ1) is 9.55. The van der Waals surface area contributed by atoms with Gasteiger partial charge in [-0.3, -0.25) is 5.32 Å². The van der Waals surface area contributed by atoms with Crippen LogP contribution in [0.2, 0.25) is 0 Å². The topological polar surface area (TPSA) is 62.1 Å². The Morgan fingerprint density at radius 2 is 2.46 bits per heavy atom. The van der Waals surface area contributed by atoms with E-state index >= 15 is 0 Å². The molecule has 1 rings (SSSR count). The highest BCUT2D eigenvalue weighted by Crippen LogP contribution is 2.26. The molecule has 0 aromatic carbocycles. The number of amides is 1. The van der Waals surface area contributed by atoms with Crippen LogP contribution in [0.1, 0.15) is 11.1 Å². The summed E-state index contributed by atoms with van der Waals surface area (Å²) >= 11 is 1.31. The van der Waals surface area contributed by atoms with Crippen LogP contribution < -0.4 is 5.32 Å². The number of nitrogens with one attached hydrogen (secondary N) is 1. The minimum atomic E-state index is -0.557. The van der Waals surface area contributed by atoms with Crippen LogP contribution in [-0.2, 0) is 4.74 Å². The van der Waals surface area contributed by atoms with Crippen molar-refractivity contribution in [2.24, 2.45) is 0 Å². The van der Waals surface area contributed by atoms with E-state index in [9.17, 15) is 4.79 Å². The molecule has 5 heteroatoms. The number of anilines is 1. The summed E-state index contributed by atoms with van der Waals surface area (Å²) in [6.45, 7) is 1.82. The average Bonchev–Trinajstić information content (AvgIpc) is 2.46. The molecule has 0 aliphatic rings. The molecule has 0 radical (unpaired) electrons. The first-order chi connectivity index (χ1) is 6.19. The molecule has 1 amide bonds. The summed E-state index contributed by atoms with van der Waals surface area (Å²) < 4.78 is 4.41. The SMILES string of the molecule is COC(=O)Nc1scc(C)c1C#N. The maximum atomic E-state index is 10.8. The Hall–Kier alpha value is -1.54. The summed E-state index contributed by atoms with van der Waals surface area (Å²) in [4.78, 5) is 10.8. The minimum absolute atomic E-state index is 0.496. The number of rotatable bonds is 1. The molecule has 0 atom stereocenters. The summed E-state index contributed by atoms with van der Waals surface area (Å²) in [6.07, 6.45) is -0.557. The maximum Gasteiger partial charge on any atom is 0.411 e. The number of carbonyl (C=O) groups excluding carboxylic acids is 1. The molecule has 0 aliphatic carbocycles. The van der Waals surface area contributed by atoms with Gasteiger partial charge < -0.3 is 4.74 Å². The van der Waals surface area contributed by atoms with E-state index in [2.05, 4.69) is 10.1 Å². The molecule has 1 aromatic heterocycles. The zero-order chi connectivity index (χ0) is 9.84. The Morgan fingerprint density at radius 3 is 3.00 bits per heavy atom. The molecule has 0 fully saturated rings. The Kier molecular flexibility index (Phi) is 2.88. The molecule has 0 saturated carbocycles. The fourth-order valence-corrected chi connectivity index (χ4v) is 1.70. The molecule has 4 nitrogen and oxygen atoms in total. The van der Waals surface area contributed by atoms with Crippen molar-refractivity contribution in [2.75, 3.05) is 12.4 Å². The summed E-state index contributed by atoms with van der Waals surface area (Å²) in [5, 5.41) is 13.5. The van der Waals surface area contributed by atoms with E-state index in [4.69, 9.17) is 5.26 Å². The zero-order valence-corrected chi connectivity index (χ0v) is 8.07. The number of hydrogen-bond acceptors (Lipinski definition) is 4. The van der Waals surface area contributed by atoms with E-state index in [1.165, 1.54) is 18.4 Å². The molecular formula is C8H8N2O2S. The molecule has 0 unspecified atom stereocenters. The lowest BCUT2D eigenvalue weighted by Gasteiger charge is -1.99. The Balaban J connectivity index is 2.90. The number of methoxy groups -OCH3 is 1. The number of ether oxygens (including phenoxy) is 1. The van der Waals surface area contributed by atoms with Gasteiger partial charge in [-0.15, -0.1) is 11.3 Å². The van der Waals surface area contributed by atoms with Gasteiger partial charge in [0.05, 0.1) is 12.7 Å². The van der Waals surface area contributed by atoms with Crippen LogP contribution in [0.25, 0.3) is 0 Å². The molecular weight excluding hydrogens is 188 g/mol. The molecule has 0 saturated heterocycles. The van der Waals surface area contributed by atoms with Crippen molar-refractivity contribution in [1.29, 1.82) is 5.26 Å². The zero-order valence-electron chi connectivity index (χ0n) is 7.25. The lowest BCUT2D eigenvalue weighted by atomic mass is 10.2. The van der Waals surface area contributed by atoms with E-state index in [-0.39, 0.29) is 0 Å². The standard InChI is InChI=1S/C8H8N2O2S/c1-5-4-13-7(6(5)3-9)10-8(11)12-2/h4H,1-2H3,(H,10,11). The van der Waals surface area contributed by atoms with E-state index in [0.717, 1.165) is 5.56 Å². The Morgan fingerprint density at radius 1 is 1.77 bits per heavy atom. The van der Waals surface area contributed by atoms with Gasteiger partial charge in [-0.1, -0.05) is 0 Å². The van der Waals surface area contributed by atoms with Gasteiger partial charge in [-0.2, -0.15) is 5.26 Å². The maximum absolute atomic E-state index is 10.8. The van der Waals surface area contributed by atoms with Gasteiger partial charge in [-0.25, -0.2) is 4.79 Å². The van der Waals surface area contributed by atoms with Crippen LogP contribution in [0.3, 0.4) is 0 Å². The second-order valence-corrected chi connectivity index (χ2v) is 3.23. The van der Waals surface area contributed by atoms with Gasteiger partial charge in [0.25, 0.3) is 0 Å². The van der Waals surface area contributed by atoms with Gasteiger partial charge in [-0.05, 0) is 17.9 Å². The second kappa shape index (κ2) is 3.92. The predicted octanol–water partition coefficient (Wildman–Crippen LogP) is 2.11. The first-order valence-electron chi connectivity index (χ1n) is 3.52. The van der Waals surface area contributed by atoms with E-state index in [1.54, 1.807) is 0 Å². The van der Waals surface area contributed by atoms with E-state index in [1.807, 2.05) is 18.4 Å². The summed E-state index contributed by atoms with van der Waals surface area (Å²) in [7, 11) is 1.28. The van der Waals surface area contributed by atoms with Gasteiger partial charge in [0.2, 0.25) is 0 Å². The lowest BCUT2D eigenvalue weighted by Crippen LogP contribution is -2.10. The normalized spacial score (nSPS) is 9.00. The molecule has 1 heterocycles. The van der Waals surface area contributed by atoms with Crippen LogP contribution in [0, 0.1) is 18.3 Å². The summed E-state index contributed by atoms with van der Waals surface area (Å²) in [6, 6.07) is 2.01. The number of carbonyl (C=O) groups is 1. The molecule has 0 spiro atoms. The monoisotopic (exact) mass is 196 g/mol. The summed E-state index contributed by atoms with van der Waals surface area (Å²) in [5.41, 5.74) is 1.36. The number of nitrogens with zero attached hydrogens (tertiary/aromatic N) is 1.